The van der Waals surface area contributed by atoms with Crippen LogP contribution in [-0.4, -0.2) is 42.9 Å². The molecule has 132 valence electrons. The van der Waals surface area contributed by atoms with Gasteiger partial charge in [-0.3, -0.25) is 9.59 Å². The Bertz CT molecular complexity index is 532. The van der Waals surface area contributed by atoms with Crippen LogP contribution in [0.2, 0.25) is 0 Å². The number of nitrogens with one attached hydrogen (secondary N) is 2. The first kappa shape index (κ1) is 18.5. The molecule has 2 rings (SSSR count). The molecule has 0 unspecified atom stereocenters. The Kier molecular flexibility index (Phi) is 7.25. The van der Waals surface area contributed by atoms with Gasteiger partial charge in [-0.1, -0.05) is 13.8 Å². The van der Waals surface area contributed by atoms with Crippen molar-refractivity contribution in [2.24, 2.45) is 5.92 Å². The Morgan fingerprint density at radius 1 is 1.08 bits per heavy atom. The highest BCUT2D eigenvalue weighted by molar-refractivity contribution is 5.96. The van der Waals surface area contributed by atoms with Crippen molar-refractivity contribution in [1.29, 1.82) is 0 Å². The van der Waals surface area contributed by atoms with Crippen molar-refractivity contribution in [3.05, 3.63) is 29.8 Å². The maximum absolute atomic E-state index is 12.5. The van der Waals surface area contributed by atoms with Crippen LogP contribution >= 0.6 is 0 Å². The predicted octanol–water partition coefficient (Wildman–Crippen LogP) is 2.89. The Hall–Kier alpha value is -1.88. The highest BCUT2D eigenvalue weighted by Crippen LogP contribution is 2.27. The van der Waals surface area contributed by atoms with Crippen molar-refractivity contribution in [1.82, 2.24) is 10.2 Å². The molecule has 2 N–H and O–H groups in total. The van der Waals surface area contributed by atoms with Gasteiger partial charge in [0.2, 0.25) is 5.91 Å². The Balaban J connectivity index is 1.84. The highest BCUT2D eigenvalue weighted by atomic mass is 16.2. The smallest absolute Gasteiger partial charge is 0.253 e. The summed E-state index contributed by atoms with van der Waals surface area (Å²) in [6.45, 7) is 6.96. The van der Waals surface area contributed by atoms with E-state index in [1.807, 2.05) is 4.90 Å². The molecule has 24 heavy (non-hydrogen) atoms. The van der Waals surface area contributed by atoms with Crippen molar-refractivity contribution in [2.75, 3.05) is 31.5 Å². The maximum atomic E-state index is 12.5. The molecule has 1 aliphatic rings. The maximum Gasteiger partial charge on any atom is 0.253 e. The Morgan fingerprint density at radius 3 is 2.25 bits per heavy atom. The van der Waals surface area contributed by atoms with Crippen LogP contribution < -0.4 is 10.6 Å². The molecule has 1 saturated carbocycles. The van der Waals surface area contributed by atoms with Crippen molar-refractivity contribution in [3.8, 4) is 0 Å². The van der Waals surface area contributed by atoms with Gasteiger partial charge in [-0.15, -0.1) is 0 Å². The molecule has 0 spiro atoms. The molecule has 0 saturated heterocycles. The molecule has 1 fully saturated rings. The summed E-state index contributed by atoms with van der Waals surface area (Å²) in [6.07, 6.45) is 4.45. The van der Waals surface area contributed by atoms with Crippen LogP contribution in [-0.2, 0) is 4.79 Å². The monoisotopic (exact) mass is 331 g/mol. The fourth-order valence-corrected chi connectivity index (χ4v) is 2.65. The minimum Gasteiger partial charge on any atom is -0.339 e. The van der Waals surface area contributed by atoms with Crippen LogP contribution in [0, 0.1) is 5.92 Å². The van der Waals surface area contributed by atoms with Crippen LogP contribution in [0.5, 0.6) is 0 Å². The lowest BCUT2D eigenvalue weighted by Crippen LogP contribution is -2.32. The van der Waals surface area contributed by atoms with Gasteiger partial charge in [-0.2, -0.15) is 0 Å². The van der Waals surface area contributed by atoms with E-state index in [1.54, 1.807) is 24.3 Å². The number of anilines is 1. The lowest BCUT2D eigenvalue weighted by atomic mass is 10.1. The van der Waals surface area contributed by atoms with Crippen LogP contribution in [0.4, 0.5) is 5.69 Å². The van der Waals surface area contributed by atoms with Crippen molar-refractivity contribution in [3.63, 3.8) is 0 Å². The zero-order chi connectivity index (χ0) is 17.4. The topological polar surface area (TPSA) is 61.4 Å². The molecule has 0 aromatic heterocycles. The van der Waals surface area contributed by atoms with Crippen LogP contribution in [0.15, 0.2) is 24.3 Å². The standard InChI is InChI=1S/C19H29N3O2/c1-3-11-22(12-4-2)19(24)16-7-9-17(10-8-16)21-18(23)14-20-13-15-5-6-15/h7-10,15,20H,3-6,11-14H2,1-2H3,(H,21,23). The van der Waals surface area contributed by atoms with E-state index in [1.165, 1.54) is 12.8 Å². The van der Waals surface area contributed by atoms with Gasteiger partial charge in [-0.25, -0.2) is 0 Å². The summed E-state index contributed by atoms with van der Waals surface area (Å²) >= 11 is 0. The van der Waals surface area contributed by atoms with Crippen LogP contribution in [0.1, 0.15) is 49.9 Å². The van der Waals surface area contributed by atoms with Gasteiger partial charge >= 0.3 is 0 Å². The summed E-state index contributed by atoms with van der Waals surface area (Å²) in [5.74, 6) is 0.772. The third-order valence-electron chi connectivity index (χ3n) is 4.11. The number of carbonyl (C=O) groups excluding carboxylic acids is 2. The van der Waals surface area contributed by atoms with E-state index >= 15 is 0 Å². The predicted molar refractivity (Wildman–Crippen MR) is 97.2 cm³/mol. The van der Waals surface area contributed by atoms with Crippen LogP contribution in [0.3, 0.4) is 0 Å². The van der Waals surface area contributed by atoms with Gasteiger partial charge in [0.05, 0.1) is 6.54 Å². The van der Waals surface area contributed by atoms with Crippen molar-refractivity contribution >= 4 is 17.5 Å². The second-order valence-electron chi connectivity index (χ2n) is 6.49. The summed E-state index contributed by atoms with van der Waals surface area (Å²) in [5.41, 5.74) is 1.39. The third kappa shape index (κ3) is 5.96. The van der Waals surface area contributed by atoms with E-state index in [0.717, 1.165) is 44.1 Å². The molecular weight excluding hydrogens is 302 g/mol. The number of hydrogen-bond acceptors (Lipinski definition) is 3. The molecule has 0 aliphatic heterocycles. The molecule has 0 bridgehead atoms. The normalized spacial score (nSPS) is 13.6. The number of nitrogens with zero attached hydrogens (tertiary/aromatic N) is 1. The van der Waals surface area contributed by atoms with Gasteiger partial charge < -0.3 is 15.5 Å². The molecule has 1 aliphatic carbocycles. The first-order chi connectivity index (χ1) is 11.6. The summed E-state index contributed by atoms with van der Waals surface area (Å²) in [5, 5.41) is 6.02. The highest BCUT2D eigenvalue weighted by Gasteiger charge is 2.20. The average Bonchev–Trinajstić information content (AvgIpc) is 3.39. The quantitative estimate of drug-likeness (QED) is 0.693. The molecule has 0 atom stereocenters. The molecule has 5 nitrogen and oxygen atoms in total. The molecule has 1 aromatic rings. The Labute approximate surface area is 144 Å². The first-order valence-corrected chi connectivity index (χ1v) is 9.04. The van der Waals surface area contributed by atoms with E-state index in [0.29, 0.717) is 12.1 Å². The number of amides is 2. The van der Waals surface area contributed by atoms with Gasteiger partial charge in [0, 0.05) is 24.3 Å². The van der Waals surface area contributed by atoms with Gasteiger partial charge in [0.15, 0.2) is 0 Å². The van der Waals surface area contributed by atoms with E-state index in [2.05, 4.69) is 24.5 Å². The Morgan fingerprint density at radius 2 is 1.71 bits per heavy atom. The van der Waals surface area contributed by atoms with E-state index in [4.69, 9.17) is 0 Å². The molecule has 0 heterocycles. The van der Waals surface area contributed by atoms with E-state index in [-0.39, 0.29) is 11.8 Å². The molecule has 5 heteroatoms. The molecule has 1 aromatic carbocycles. The van der Waals surface area contributed by atoms with Crippen molar-refractivity contribution < 1.29 is 9.59 Å². The molecule has 0 radical (unpaired) electrons. The van der Waals surface area contributed by atoms with Gasteiger partial charge in [-0.05, 0) is 62.4 Å². The summed E-state index contributed by atoms with van der Waals surface area (Å²) < 4.78 is 0. The van der Waals surface area contributed by atoms with Gasteiger partial charge in [0.1, 0.15) is 0 Å². The largest absolute Gasteiger partial charge is 0.339 e. The van der Waals surface area contributed by atoms with Crippen LogP contribution in [0.25, 0.3) is 0 Å². The average molecular weight is 331 g/mol. The van der Waals surface area contributed by atoms with E-state index in [9.17, 15) is 9.59 Å². The molecular formula is C19H29N3O2. The number of benzene rings is 1. The zero-order valence-electron chi connectivity index (χ0n) is 14.8. The summed E-state index contributed by atoms with van der Waals surface area (Å²) in [4.78, 5) is 26.2. The first-order valence-electron chi connectivity index (χ1n) is 9.04. The fraction of sp³-hybridized carbons (Fsp3) is 0.579. The van der Waals surface area contributed by atoms with E-state index < -0.39 is 0 Å². The minimum atomic E-state index is -0.0479. The fourth-order valence-electron chi connectivity index (χ4n) is 2.65. The second kappa shape index (κ2) is 9.42. The number of carbonyl (C=O) groups is 2. The summed E-state index contributed by atoms with van der Waals surface area (Å²) in [7, 11) is 0. The lowest BCUT2D eigenvalue weighted by Gasteiger charge is -2.21. The summed E-state index contributed by atoms with van der Waals surface area (Å²) in [6, 6.07) is 7.16. The van der Waals surface area contributed by atoms with Gasteiger partial charge in [0.25, 0.3) is 5.91 Å². The molecule has 2 amide bonds. The van der Waals surface area contributed by atoms with Crippen molar-refractivity contribution in [2.45, 2.75) is 39.5 Å². The second-order valence-corrected chi connectivity index (χ2v) is 6.49. The number of rotatable bonds is 10. The minimum absolute atomic E-state index is 0.0479. The lowest BCUT2D eigenvalue weighted by molar-refractivity contribution is -0.115. The number of hydrogen-bond donors (Lipinski definition) is 2. The SMILES string of the molecule is CCCN(CCC)C(=O)c1ccc(NC(=O)CNCC2CC2)cc1. The zero-order valence-corrected chi connectivity index (χ0v) is 14.8. The third-order valence-corrected chi connectivity index (χ3v) is 4.11.